The fraction of sp³-hybridized carbons (Fsp3) is 0.0455. The molecule has 5 heteroatoms. The van der Waals surface area contributed by atoms with E-state index in [2.05, 4.69) is 10.5 Å². The van der Waals surface area contributed by atoms with Gasteiger partial charge in [-0.25, -0.2) is 0 Å². The molecule has 0 heterocycles. The Labute approximate surface area is 157 Å². The van der Waals surface area contributed by atoms with Crippen LogP contribution in [0.1, 0.15) is 20.7 Å². The second kappa shape index (κ2) is 8.58. The molecule has 0 aliphatic rings. The zero-order valence-electron chi connectivity index (χ0n) is 14.8. The first-order valence-electron chi connectivity index (χ1n) is 8.37. The molecule has 0 unspecified atom stereocenters. The van der Waals surface area contributed by atoms with E-state index in [0.29, 0.717) is 17.0 Å². The zero-order valence-corrected chi connectivity index (χ0v) is 14.8. The SMILES string of the molecule is COc1ccccc1C(=O)C(=NNc1ccccc1)C(=O)c1ccccc1. The summed E-state index contributed by atoms with van der Waals surface area (Å²) < 4.78 is 5.26. The Morgan fingerprint density at radius 3 is 2.04 bits per heavy atom. The Balaban J connectivity index is 2.01. The number of ether oxygens (including phenoxy) is 1. The van der Waals surface area contributed by atoms with Crippen LogP contribution in [0.15, 0.2) is 90.0 Å². The van der Waals surface area contributed by atoms with E-state index in [9.17, 15) is 9.59 Å². The highest BCUT2D eigenvalue weighted by Gasteiger charge is 2.25. The van der Waals surface area contributed by atoms with Gasteiger partial charge >= 0.3 is 0 Å². The number of nitrogens with zero attached hydrogens (tertiary/aromatic N) is 1. The van der Waals surface area contributed by atoms with E-state index in [0.717, 1.165) is 0 Å². The fourth-order valence-corrected chi connectivity index (χ4v) is 2.52. The van der Waals surface area contributed by atoms with Crippen LogP contribution in [0.5, 0.6) is 5.75 Å². The average molecular weight is 358 g/mol. The highest BCUT2D eigenvalue weighted by Crippen LogP contribution is 2.19. The van der Waals surface area contributed by atoms with Crippen molar-refractivity contribution in [3.05, 3.63) is 96.1 Å². The fourth-order valence-electron chi connectivity index (χ4n) is 2.52. The summed E-state index contributed by atoms with van der Waals surface area (Å²) in [7, 11) is 1.48. The maximum Gasteiger partial charge on any atom is 0.220 e. The number of anilines is 1. The molecule has 5 nitrogen and oxygen atoms in total. The molecule has 0 saturated carbocycles. The molecule has 0 amide bonds. The van der Waals surface area contributed by atoms with E-state index in [1.165, 1.54) is 7.11 Å². The quantitative estimate of drug-likeness (QED) is 0.297. The number of hydrogen-bond donors (Lipinski definition) is 1. The molecule has 0 bridgehead atoms. The van der Waals surface area contributed by atoms with Crippen LogP contribution >= 0.6 is 0 Å². The van der Waals surface area contributed by atoms with Gasteiger partial charge in [0, 0.05) is 5.56 Å². The van der Waals surface area contributed by atoms with Crippen LogP contribution in [0.25, 0.3) is 0 Å². The minimum atomic E-state index is -0.510. The average Bonchev–Trinajstić information content (AvgIpc) is 2.75. The number of benzene rings is 3. The summed E-state index contributed by atoms with van der Waals surface area (Å²) in [6, 6.07) is 24.4. The Morgan fingerprint density at radius 2 is 1.37 bits per heavy atom. The normalized spacial score (nSPS) is 10.9. The van der Waals surface area contributed by atoms with Gasteiger partial charge in [-0.2, -0.15) is 5.10 Å². The van der Waals surface area contributed by atoms with Crippen molar-refractivity contribution in [3.8, 4) is 5.75 Å². The Bertz CT molecular complexity index is 967. The first-order valence-corrected chi connectivity index (χ1v) is 8.37. The van der Waals surface area contributed by atoms with Gasteiger partial charge in [0.15, 0.2) is 5.71 Å². The number of Topliss-reactive ketones (excluding diaryl/α,β-unsaturated/α-hetero) is 2. The number of hydrogen-bond acceptors (Lipinski definition) is 5. The molecular formula is C22H18N2O3. The Morgan fingerprint density at radius 1 is 0.778 bits per heavy atom. The number of carbonyl (C=O) groups is 2. The van der Waals surface area contributed by atoms with Crippen LogP contribution < -0.4 is 10.2 Å². The summed E-state index contributed by atoms with van der Waals surface area (Å²) in [5, 5.41) is 4.13. The van der Waals surface area contributed by atoms with E-state index < -0.39 is 11.6 Å². The molecule has 0 aromatic heterocycles. The lowest BCUT2D eigenvalue weighted by Crippen LogP contribution is -2.26. The van der Waals surface area contributed by atoms with Gasteiger partial charge in [0.1, 0.15) is 5.75 Å². The molecule has 3 aromatic carbocycles. The summed E-state index contributed by atoms with van der Waals surface area (Å²) in [5.74, 6) is -0.588. The van der Waals surface area contributed by atoms with Gasteiger partial charge < -0.3 is 4.74 Å². The van der Waals surface area contributed by atoms with E-state index in [1.54, 1.807) is 66.7 Å². The lowest BCUT2D eigenvalue weighted by atomic mass is 9.99. The summed E-state index contributed by atoms with van der Waals surface area (Å²) >= 11 is 0. The standard InChI is InChI=1S/C22H18N2O3/c1-27-19-15-9-8-14-18(19)22(26)20(21(25)16-10-4-2-5-11-16)24-23-17-12-6-3-7-13-17/h2-15,23H,1H3. The van der Waals surface area contributed by atoms with Gasteiger partial charge in [0.2, 0.25) is 11.6 Å². The van der Waals surface area contributed by atoms with E-state index in [4.69, 9.17) is 4.74 Å². The lowest BCUT2D eigenvalue weighted by Gasteiger charge is -2.10. The molecular weight excluding hydrogens is 340 g/mol. The maximum absolute atomic E-state index is 13.1. The summed E-state index contributed by atoms with van der Waals surface area (Å²) in [4.78, 5) is 26.0. The van der Waals surface area contributed by atoms with Gasteiger partial charge in [-0.05, 0) is 24.3 Å². The Kier molecular flexibility index (Phi) is 5.74. The molecule has 0 radical (unpaired) electrons. The summed E-state index contributed by atoms with van der Waals surface area (Å²) in [6.45, 7) is 0. The topological polar surface area (TPSA) is 67.8 Å². The molecule has 0 aliphatic heterocycles. The van der Waals surface area contributed by atoms with Crippen LogP contribution in [-0.2, 0) is 0 Å². The number of rotatable bonds is 7. The predicted octanol–water partition coefficient (Wildman–Crippen LogP) is 4.23. The second-order valence-electron chi connectivity index (χ2n) is 5.66. The number of nitrogens with one attached hydrogen (secondary N) is 1. The van der Waals surface area contributed by atoms with Crippen LogP contribution in [0.2, 0.25) is 0 Å². The monoisotopic (exact) mass is 358 g/mol. The minimum absolute atomic E-state index is 0.213. The highest BCUT2D eigenvalue weighted by atomic mass is 16.5. The summed E-state index contributed by atoms with van der Waals surface area (Å²) in [6.07, 6.45) is 0. The first kappa shape index (κ1) is 18.1. The van der Waals surface area contributed by atoms with Crippen LogP contribution in [0.4, 0.5) is 5.69 Å². The third kappa shape index (κ3) is 4.27. The van der Waals surface area contributed by atoms with E-state index in [1.807, 2.05) is 18.2 Å². The van der Waals surface area contributed by atoms with Gasteiger partial charge in [-0.3, -0.25) is 15.0 Å². The predicted molar refractivity (Wildman–Crippen MR) is 106 cm³/mol. The van der Waals surface area contributed by atoms with Gasteiger partial charge in [0.25, 0.3) is 0 Å². The number of hydrazone groups is 1. The number of methoxy groups -OCH3 is 1. The molecule has 0 fully saturated rings. The van der Waals surface area contributed by atoms with Gasteiger partial charge in [-0.1, -0.05) is 60.7 Å². The van der Waals surface area contributed by atoms with Crippen LogP contribution in [-0.4, -0.2) is 24.4 Å². The maximum atomic E-state index is 13.1. The molecule has 3 rings (SSSR count). The zero-order chi connectivity index (χ0) is 19.1. The van der Waals surface area contributed by atoms with Gasteiger partial charge in [0.05, 0.1) is 18.4 Å². The van der Waals surface area contributed by atoms with Crippen molar-refractivity contribution in [2.75, 3.05) is 12.5 Å². The number of carbonyl (C=O) groups excluding carboxylic acids is 2. The third-order valence-corrected chi connectivity index (χ3v) is 3.89. The number of para-hydroxylation sites is 2. The molecule has 0 saturated heterocycles. The van der Waals surface area contributed by atoms with Crippen molar-refractivity contribution in [1.29, 1.82) is 0 Å². The molecule has 27 heavy (non-hydrogen) atoms. The lowest BCUT2D eigenvalue weighted by molar-refractivity contribution is 0.101. The smallest absolute Gasteiger partial charge is 0.220 e. The van der Waals surface area contributed by atoms with Crippen LogP contribution in [0.3, 0.4) is 0 Å². The van der Waals surface area contributed by atoms with E-state index >= 15 is 0 Å². The van der Waals surface area contributed by atoms with Crippen molar-refractivity contribution in [2.24, 2.45) is 5.10 Å². The highest BCUT2D eigenvalue weighted by molar-refractivity contribution is 6.72. The number of ketones is 2. The van der Waals surface area contributed by atoms with Crippen molar-refractivity contribution in [3.63, 3.8) is 0 Å². The van der Waals surface area contributed by atoms with Gasteiger partial charge in [-0.15, -0.1) is 0 Å². The minimum Gasteiger partial charge on any atom is -0.496 e. The third-order valence-electron chi connectivity index (χ3n) is 3.89. The first-order chi connectivity index (χ1) is 13.2. The van der Waals surface area contributed by atoms with Crippen molar-refractivity contribution >= 4 is 23.0 Å². The van der Waals surface area contributed by atoms with Crippen molar-refractivity contribution in [1.82, 2.24) is 0 Å². The van der Waals surface area contributed by atoms with E-state index in [-0.39, 0.29) is 11.3 Å². The largest absolute Gasteiger partial charge is 0.496 e. The second-order valence-corrected chi connectivity index (χ2v) is 5.66. The summed E-state index contributed by atoms with van der Waals surface area (Å²) in [5.41, 5.74) is 3.91. The molecule has 1 N–H and O–H groups in total. The van der Waals surface area contributed by atoms with Crippen molar-refractivity contribution < 1.29 is 14.3 Å². The van der Waals surface area contributed by atoms with Crippen molar-refractivity contribution in [2.45, 2.75) is 0 Å². The molecule has 0 spiro atoms. The molecule has 134 valence electrons. The Hall–Kier alpha value is -3.73. The molecule has 0 atom stereocenters. The molecule has 0 aliphatic carbocycles. The van der Waals surface area contributed by atoms with Crippen LogP contribution in [0, 0.1) is 0 Å². The molecule has 3 aromatic rings.